The van der Waals surface area contributed by atoms with Gasteiger partial charge < -0.3 is 4.74 Å². The van der Waals surface area contributed by atoms with Crippen molar-refractivity contribution >= 4 is 0 Å². The second-order valence-corrected chi connectivity index (χ2v) is 7.09. The summed E-state index contributed by atoms with van der Waals surface area (Å²) in [7, 11) is 0. The van der Waals surface area contributed by atoms with Crippen molar-refractivity contribution in [2.75, 3.05) is 6.61 Å². The molecule has 0 saturated heterocycles. The average Bonchev–Trinajstić information content (AvgIpc) is 1.88. The first kappa shape index (κ1) is 13.0. The van der Waals surface area contributed by atoms with Crippen LogP contribution in [0.15, 0.2) is 0 Å². The van der Waals surface area contributed by atoms with E-state index in [0.717, 1.165) is 18.4 Å². The van der Waals surface area contributed by atoms with Crippen molar-refractivity contribution < 1.29 is 4.74 Å². The highest BCUT2D eigenvalue weighted by atomic mass is 16.5. The Hall–Kier alpha value is -0.0400. The van der Waals surface area contributed by atoms with Crippen LogP contribution in [-0.2, 0) is 4.74 Å². The summed E-state index contributed by atoms with van der Waals surface area (Å²) in [5, 5.41) is 0. The Morgan fingerprint density at radius 2 is 1.60 bits per heavy atom. The van der Waals surface area contributed by atoms with E-state index in [0.29, 0.717) is 5.41 Å². The molecule has 0 aromatic carbocycles. The molecule has 1 saturated carbocycles. The average molecular weight is 212 g/mol. The molecule has 0 N–H and O–H groups in total. The van der Waals surface area contributed by atoms with Gasteiger partial charge in [0.15, 0.2) is 0 Å². The molecule has 0 bridgehead atoms. The van der Waals surface area contributed by atoms with Crippen LogP contribution in [-0.4, -0.2) is 12.2 Å². The van der Waals surface area contributed by atoms with Gasteiger partial charge in [-0.15, -0.1) is 0 Å². The van der Waals surface area contributed by atoms with Gasteiger partial charge in [0.05, 0.1) is 12.2 Å². The normalized spacial score (nSPS) is 21.2. The van der Waals surface area contributed by atoms with Crippen LogP contribution in [0.25, 0.3) is 0 Å². The Morgan fingerprint density at radius 3 is 1.87 bits per heavy atom. The summed E-state index contributed by atoms with van der Waals surface area (Å²) in [4.78, 5) is 0. The lowest BCUT2D eigenvalue weighted by Crippen LogP contribution is -2.38. The lowest BCUT2D eigenvalue weighted by atomic mass is 9.66. The molecule has 1 aliphatic rings. The topological polar surface area (TPSA) is 9.23 Å². The van der Waals surface area contributed by atoms with Crippen molar-refractivity contribution in [2.24, 2.45) is 17.3 Å². The molecule has 1 nitrogen and oxygen atoms in total. The molecule has 1 heteroatoms. The van der Waals surface area contributed by atoms with Gasteiger partial charge in [0.1, 0.15) is 0 Å². The smallest absolute Gasteiger partial charge is 0.0598 e. The zero-order chi connectivity index (χ0) is 11.7. The predicted octanol–water partition coefficient (Wildman–Crippen LogP) is 4.26. The molecule has 0 unspecified atom stereocenters. The van der Waals surface area contributed by atoms with Crippen LogP contribution in [0.5, 0.6) is 0 Å². The lowest BCUT2D eigenvalue weighted by Gasteiger charge is -2.42. The zero-order valence-electron chi connectivity index (χ0n) is 11.4. The summed E-state index contributed by atoms with van der Waals surface area (Å²) >= 11 is 0. The molecule has 1 aliphatic carbocycles. The summed E-state index contributed by atoms with van der Waals surface area (Å²) in [5.74, 6) is 1.64. The van der Waals surface area contributed by atoms with Crippen LogP contribution in [0, 0.1) is 17.3 Å². The maximum absolute atomic E-state index is 5.97. The van der Waals surface area contributed by atoms with E-state index in [1.54, 1.807) is 0 Å². The molecule has 0 aromatic rings. The van der Waals surface area contributed by atoms with E-state index < -0.39 is 0 Å². The van der Waals surface area contributed by atoms with Gasteiger partial charge in [-0.3, -0.25) is 0 Å². The van der Waals surface area contributed by atoms with E-state index in [-0.39, 0.29) is 5.60 Å². The van der Waals surface area contributed by atoms with Crippen molar-refractivity contribution in [3.63, 3.8) is 0 Å². The Bertz CT molecular complexity index is 190. The third-order valence-corrected chi connectivity index (χ3v) is 3.53. The number of hydrogen-bond donors (Lipinski definition) is 0. The third-order valence-electron chi connectivity index (χ3n) is 3.53. The molecule has 0 aliphatic heterocycles. The van der Waals surface area contributed by atoms with E-state index in [1.807, 2.05) is 0 Å². The summed E-state index contributed by atoms with van der Waals surface area (Å²) in [6.07, 6.45) is 4.25. The van der Waals surface area contributed by atoms with Crippen LogP contribution < -0.4 is 0 Å². The number of hydrogen-bond acceptors (Lipinski definition) is 1. The van der Waals surface area contributed by atoms with Crippen molar-refractivity contribution in [1.29, 1.82) is 0 Å². The molecule has 1 fully saturated rings. The van der Waals surface area contributed by atoms with Gasteiger partial charge in [0, 0.05) is 0 Å². The predicted molar refractivity (Wildman–Crippen MR) is 66.0 cm³/mol. The highest BCUT2D eigenvalue weighted by Crippen LogP contribution is 2.43. The molecule has 0 spiro atoms. The summed E-state index contributed by atoms with van der Waals surface area (Å²) < 4.78 is 5.97. The standard InChI is InChI=1S/C14H28O/c1-13(2,3)12(11-8-7-9-11)10-15-14(4,5)6/h11-12H,7-10H2,1-6H3/t12-/m0/s1. The number of rotatable bonds is 3. The Morgan fingerprint density at radius 1 is 1.07 bits per heavy atom. The van der Waals surface area contributed by atoms with Crippen LogP contribution in [0.1, 0.15) is 60.8 Å². The van der Waals surface area contributed by atoms with Gasteiger partial charge in [-0.05, 0) is 38.0 Å². The van der Waals surface area contributed by atoms with Crippen molar-refractivity contribution in [3.8, 4) is 0 Å². The molecule has 1 atom stereocenters. The molecule has 0 radical (unpaired) electrons. The fourth-order valence-corrected chi connectivity index (χ4v) is 2.28. The first-order valence-electron chi connectivity index (χ1n) is 6.34. The molecule has 90 valence electrons. The van der Waals surface area contributed by atoms with Gasteiger partial charge >= 0.3 is 0 Å². The molecular formula is C14H28O. The van der Waals surface area contributed by atoms with E-state index in [9.17, 15) is 0 Å². The van der Waals surface area contributed by atoms with Crippen LogP contribution >= 0.6 is 0 Å². The summed E-state index contributed by atoms with van der Waals surface area (Å²) in [6, 6.07) is 0. The van der Waals surface area contributed by atoms with Crippen LogP contribution in [0.3, 0.4) is 0 Å². The quantitative estimate of drug-likeness (QED) is 0.679. The van der Waals surface area contributed by atoms with E-state index in [1.165, 1.54) is 19.3 Å². The van der Waals surface area contributed by atoms with Crippen LogP contribution in [0.2, 0.25) is 0 Å². The Labute approximate surface area is 95.6 Å². The van der Waals surface area contributed by atoms with Crippen molar-refractivity contribution in [1.82, 2.24) is 0 Å². The minimum atomic E-state index is 0.00719. The third kappa shape index (κ3) is 4.14. The number of ether oxygens (including phenoxy) is 1. The van der Waals surface area contributed by atoms with Crippen molar-refractivity contribution in [2.45, 2.75) is 66.4 Å². The highest BCUT2D eigenvalue weighted by molar-refractivity contribution is 4.85. The second-order valence-electron chi connectivity index (χ2n) is 7.09. The van der Waals surface area contributed by atoms with Crippen LogP contribution in [0.4, 0.5) is 0 Å². The Kier molecular flexibility index (Phi) is 3.86. The first-order chi connectivity index (χ1) is 6.70. The van der Waals surface area contributed by atoms with Gasteiger partial charge in [-0.2, -0.15) is 0 Å². The largest absolute Gasteiger partial charge is 0.376 e. The van der Waals surface area contributed by atoms with Crippen molar-refractivity contribution in [3.05, 3.63) is 0 Å². The first-order valence-corrected chi connectivity index (χ1v) is 6.34. The van der Waals surface area contributed by atoms with Gasteiger partial charge in [-0.25, -0.2) is 0 Å². The maximum atomic E-state index is 5.97. The summed E-state index contributed by atoms with van der Waals surface area (Å²) in [5.41, 5.74) is 0.392. The molecule has 0 aromatic heterocycles. The van der Waals surface area contributed by atoms with E-state index >= 15 is 0 Å². The minimum absolute atomic E-state index is 0.00719. The summed E-state index contributed by atoms with van der Waals surface area (Å²) in [6.45, 7) is 14.4. The Balaban J connectivity index is 2.50. The molecule has 0 amide bonds. The molecule has 0 heterocycles. The molecular weight excluding hydrogens is 184 g/mol. The highest BCUT2D eigenvalue weighted by Gasteiger charge is 2.36. The SMILES string of the molecule is CC(C)(C)OC[C@@H](C1CCC1)C(C)(C)C. The fraction of sp³-hybridized carbons (Fsp3) is 1.00. The van der Waals surface area contributed by atoms with Gasteiger partial charge in [-0.1, -0.05) is 40.0 Å². The zero-order valence-corrected chi connectivity index (χ0v) is 11.4. The lowest BCUT2D eigenvalue weighted by molar-refractivity contribution is -0.0666. The van der Waals surface area contributed by atoms with Gasteiger partial charge in [0.25, 0.3) is 0 Å². The monoisotopic (exact) mass is 212 g/mol. The fourth-order valence-electron chi connectivity index (χ4n) is 2.28. The van der Waals surface area contributed by atoms with E-state index in [2.05, 4.69) is 41.5 Å². The second kappa shape index (κ2) is 4.45. The minimum Gasteiger partial charge on any atom is -0.376 e. The van der Waals surface area contributed by atoms with E-state index in [4.69, 9.17) is 4.74 Å². The maximum Gasteiger partial charge on any atom is 0.0598 e. The van der Waals surface area contributed by atoms with Gasteiger partial charge in [0.2, 0.25) is 0 Å². The molecule has 15 heavy (non-hydrogen) atoms. The molecule has 1 rings (SSSR count).